The molecule has 2 N–H and O–H groups in total. The number of amides is 1. The third kappa shape index (κ3) is 5.14. The van der Waals surface area contributed by atoms with Gasteiger partial charge in [0.15, 0.2) is 11.6 Å². The van der Waals surface area contributed by atoms with E-state index in [0.717, 1.165) is 11.1 Å². The van der Waals surface area contributed by atoms with E-state index < -0.39 is 5.97 Å². The molecule has 0 spiro atoms. The average molecular weight is 376 g/mol. The van der Waals surface area contributed by atoms with Crippen LogP contribution in [0.4, 0.5) is 17.3 Å². The standard InChI is InChI=1S/C21H20N4O3/c1-14-5-3-6-15(11-14)12-20(26)23-19-10-9-18(24-25-19)22-17-8-4-7-16(13-17)21(27)28-2/h3-11,13H,12H2,1-2H3,(H,22,24)(H,23,25,26). The molecule has 0 bridgehead atoms. The normalized spacial score (nSPS) is 10.2. The van der Waals surface area contributed by atoms with Crippen LogP contribution in [0.3, 0.4) is 0 Å². The summed E-state index contributed by atoms with van der Waals surface area (Å²) >= 11 is 0. The van der Waals surface area contributed by atoms with Gasteiger partial charge in [0.25, 0.3) is 0 Å². The van der Waals surface area contributed by atoms with Crippen LogP contribution in [0, 0.1) is 6.92 Å². The smallest absolute Gasteiger partial charge is 0.337 e. The zero-order valence-corrected chi connectivity index (χ0v) is 15.6. The molecule has 0 radical (unpaired) electrons. The van der Waals surface area contributed by atoms with E-state index in [1.54, 1.807) is 36.4 Å². The molecular weight excluding hydrogens is 356 g/mol. The van der Waals surface area contributed by atoms with Gasteiger partial charge in [-0.25, -0.2) is 4.79 Å². The second-order valence-electron chi connectivity index (χ2n) is 6.22. The number of carbonyl (C=O) groups is 2. The van der Waals surface area contributed by atoms with E-state index in [0.29, 0.717) is 22.9 Å². The van der Waals surface area contributed by atoms with Crippen LogP contribution >= 0.6 is 0 Å². The van der Waals surface area contributed by atoms with E-state index >= 15 is 0 Å². The van der Waals surface area contributed by atoms with Crippen molar-refractivity contribution in [2.24, 2.45) is 0 Å². The maximum Gasteiger partial charge on any atom is 0.337 e. The fraction of sp³-hybridized carbons (Fsp3) is 0.143. The number of aryl methyl sites for hydroxylation is 1. The number of anilines is 3. The third-order valence-electron chi connectivity index (χ3n) is 3.94. The molecule has 0 saturated carbocycles. The molecule has 3 aromatic rings. The van der Waals surface area contributed by atoms with Crippen molar-refractivity contribution in [2.75, 3.05) is 17.7 Å². The number of aromatic nitrogens is 2. The van der Waals surface area contributed by atoms with E-state index in [2.05, 4.69) is 20.8 Å². The average Bonchev–Trinajstić information content (AvgIpc) is 2.69. The van der Waals surface area contributed by atoms with Gasteiger partial charge in [-0.1, -0.05) is 35.9 Å². The zero-order chi connectivity index (χ0) is 19.9. The molecule has 0 aliphatic rings. The lowest BCUT2D eigenvalue weighted by Crippen LogP contribution is -2.15. The number of nitrogens with one attached hydrogen (secondary N) is 2. The SMILES string of the molecule is COC(=O)c1cccc(Nc2ccc(NC(=O)Cc3cccc(C)c3)nn2)c1. The molecule has 0 fully saturated rings. The molecule has 1 aromatic heterocycles. The Morgan fingerprint density at radius 3 is 2.43 bits per heavy atom. The lowest BCUT2D eigenvalue weighted by Gasteiger charge is -2.08. The molecular formula is C21H20N4O3. The Labute approximate surface area is 162 Å². The zero-order valence-electron chi connectivity index (χ0n) is 15.6. The number of ether oxygens (including phenoxy) is 1. The summed E-state index contributed by atoms with van der Waals surface area (Å²) in [6, 6.07) is 18.0. The highest BCUT2D eigenvalue weighted by molar-refractivity contribution is 5.91. The number of methoxy groups -OCH3 is 1. The van der Waals surface area contributed by atoms with Crippen LogP contribution in [-0.2, 0) is 16.0 Å². The van der Waals surface area contributed by atoms with Gasteiger partial charge in [0.1, 0.15) is 0 Å². The first-order valence-electron chi connectivity index (χ1n) is 8.68. The second kappa shape index (κ2) is 8.77. The van der Waals surface area contributed by atoms with Crippen LogP contribution in [0.2, 0.25) is 0 Å². The highest BCUT2D eigenvalue weighted by atomic mass is 16.5. The summed E-state index contributed by atoms with van der Waals surface area (Å²) in [5, 5.41) is 13.8. The predicted molar refractivity (Wildman–Crippen MR) is 107 cm³/mol. The molecule has 1 amide bonds. The summed E-state index contributed by atoms with van der Waals surface area (Å²) in [6.07, 6.45) is 0.268. The topological polar surface area (TPSA) is 93.2 Å². The number of benzene rings is 2. The summed E-state index contributed by atoms with van der Waals surface area (Å²) in [7, 11) is 1.33. The minimum Gasteiger partial charge on any atom is -0.465 e. The Kier molecular flexibility index (Phi) is 5.96. The molecule has 0 aliphatic carbocycles. The minimum atomic E-state index is -0.415. The molecule has 1 heterocycles. The second-order valence-corrected chi connectivity index (χ2v) is 6.22. The Hall–Kier alpha value is -3.74. The molecule has 0 unspecified atom stereocenters. The lowest BCUT2D eigenvalue weighted by molar-refractivity contribution is -0.115. The summed E-state index contributed by atoms with van der Waals surface area (Å²) in [4.78, 5) is 23.8. The molecule has 142 valence electrons. The molecule has 0 saturated heterocycles. The van der Waals surface area contributed by atoms with Gasteiger partial charge in [0.2, 0.25) is 5.91 Å². The van der Waals surface area contributed by atoms with E-state index in [4.69, 9.17) is 4.74 Å². The van der Waals surface area contributed by atoms with Crippen molar-refractivity contribution in [3.63, 3.8) is 0 Å². The number of hydrogen-bond acceptors (Lipinski definition) is 6. The monoisotopic (exact) mass is 376 g/mol. The van der Waals surface area contributed by atoms with Crippen molar-refractivity contribution in [3.8, 4) is 0 Å². The Morgan fingerprint density at radius 2 is 1.71 bits per heavy atom. The highest BCUT2D eigenvalue weighted by Crippen LogP contribution is 2.17. The molecule has 28 heavy (non-hydrogen) atoms. The largest absolute Gasteiger partial charge is 0.465 e. The quantitative estimate of drug-likeness (QED) is 0.640. The summed E-state index contributed by atoms with van der Waals surface area (Å²) < 4.78 is 4.71. The van der Waals surface area contributed by atoms with E-state index in [1.165, 1.54) is 7.11 Å². The van der Waals surface area contributed by atoms with Gasteiger partial charge >= 0.3 is 5.97 Å². The van der Waals surface area contributed by atoms with E-state index in [9.17, 15) is 9.59 Å². The van der Waals surface area contributed by atoms with Crippen LogP contribution < -0.4 is 10.6 Å². The van der Waals surface area contributed by atoms with E-state index in [1.807, 2.05) is 31.2 Å². The van der Waals surface area contributed by atoms with Crippen LogP contribution in [-0.4, -0.2) is 29.2 Å². The van der Waals surface area contributed by atoms with Crippen molar-refractivity contribution in [1.82, 2.24) is 10.2 Å². The maximum absolute atomic E-state index is 12.2. The number of esters is 1. The van der Waals surface area contributed by atoms with Gasteiger partial charge in [0.05, 0.1) is 19.1 Å². The first-order valence-corrected chi connectivity index (χ1v) is 8.68. The van der Waals surface area contributed by atoms with Crippen LogP contribution in [0.25, 0.3) is 0 Å². The fourth-order valence-corrected chi connectivity index (χ4v) is 2.65. The number of rotatable bonds is 6. The van der Waals surface area contributed by atoms with Crippen molar-refractivity contribution in [1.29, 1.82) is 0 Å². The Balaban J connectivity index is 1.60. The molecule has 0 aliphatic heterocycles. The van der Waals surface area contributed by atoms with Crippen LogP contribution in [0.15, 0.2) is 60.7 Å². The van der Waals surface area contributed by atoms with Crippen LogP contribution in [0.1, 0.15) is 21.5 Å². The van der Waals surface area contributed by atoms with Gasteiger partial charge in [-0.15, -0.1) is 10.2 Å². The minimum absolute atomic E-state index is 0.161. The maximum atomic E-state index is 12.2. The van der Waals surface area contributed by atoms with E-state index in [-0.39, 0.29) is 12.3 Å². The number of nitrogens with zero attached hydrogens (tertiary/aromatic N) is 2. The van der Waals surface area contributed by atoms with Gasteiger partial charge in [0, 0.05) is 5.69 Å². The van der Waals surface area contributed by atoms with Crippen molar-refractivity contribution in [2.45, 2.75) is 13.3 Å². The van der Waals surface area contributed by atoms with Gasteiger partial charge in [-0.2, -0.15) is 0 Å². The lowest BCUT2D eigenvalue weighted by atomic mass is 10.1. The van der Waals surface area contributed by atoms with Gasteiger partial charge < -0.3 is 15.4 Å². The highest BCUT2D eigenvalue weighted by Gasteiger charge is 2.08. The molecule has 2 aromatic carbocycles. The number of hydrogen-bond donors (Lipinski definition) is 2. The van der Waals surface area contributed by atoms with Crippen molar-refractivity contribution in [3.05, 3.63) is 77.4 Å². The predicted octanol–water partition coefficient (Wildman–Crippen LogP) is 3.50. The third-order valence-corrected chi connectivity index (χ3v) is 3.94. The summed E-state index contributed by atoms with van der Waals surface area (Å²) in [5.74, 6) is 0.276. The van der Waals surface area contributed by atoms with Gasteiger partial charge in [-0.3, -0.25) is 4.79 Å². The fourth-order valence-electron chi connectivity index (χ4n) is 2.65. The summed E-state index contributed by atoms with van der Waals surface area (Å²) in [5.41, 5.74) is 3.15. The molecule has 3 rings (SSSR count). The first kappa shape index (κ1) is 19.0. The first-order chi connectivity index (χ1) is 13.5. The Morgan fingerprint density at radius 1 is 0.964 bits per heavy atom. The molecule has 7 heteroatoms. The summed E-state index contributed by atoms with van der Waals surface area (Å²) in [6.45, 7) is 1.99. The molecule has 0 atom stereocenters. The van der Waals surface area contributed by atoms with Crippen molar-refractivity contribution < 1.29 is 14.3 Å². The van der Waals surface area contributed by atoms with Crippen LogP contribution in [0.5, 0.6) is 0 Å². The van der Waals surface area contributed by atoms with Crippen molar-refractivity contribution >= 4 is 29.2 Å². The molecule has 7 nitrogen and oxygen atoms in total. The number of carbonyl (C=O) groups excluding carboxylic acids is 2. The van der Waals surface area contributed by atoms with Gasteiger partial charge in [-0.05, 0) is 42.8 Å². The Bertz CT molecular complexity index is 987.